The van der Waals surface area contributed by atoms with Gasteiger partial charge in [-0.3, -0.25) is 0 Å². The Morgan fingerprint density at radius 1 is 1.10 bits per heavy atom. The fourth-order valence-corrected chi connectivity index (χ4v) is 2.34. The summed E-state index contributed by atoms with van der Waals surface area (Å²) in [7, 11) is 2.07. The highest BCUT2D eigenvalue weighted by molar-refractivity contribution is 5.50. The van der Waals surface area contributed by atoms with Crippen LogP contribution >= 0.6 is 0 Å². The zero-order chi connectivity index (χ0) is 14.1. The minimum absolute atomic E-state index is 0.268. The molecule has 2 heterocycles. The summed E-state index contributed by atoms with van der Waals surface area (Å²) in [5.74, 6) is 1.84. The van der Waals surface area contributed by atoms with Gasteiger partial charge in [0.25, 0.3) is 0 Å². The molecule has 0 aliphatic heterocycles. The van der Waals surface area contributed by atoms with Crippen LogP contribution in [0.5, 0.6) is 0 Å². The number of rotatable bonds is 3. The predicted molar refractivity (Wildman–Crippen MR) is 81.0 cm³/mol. The molecular weight excluding hydrogens is 248 g/mol. The standard InChI is InChI=1S/C16H18N4/c1-12(14-7-5-4-6-8-14)19(3)16-10-9-15-11-17-13(2)20(15)18-16/h4-12H,1-3H3/t12-/m0/s1. The summed E-state index contributed by atoms with van der Waals surface area (Å²) < 4.78 is 1.88. The highest BCUT2D eigenvalue weighted by Crippen LogP contribution is 2.23. The molecule has 0 aliphatic rings. The summed E-state index contributed by atoms with van der Waals surface area (Å²) in [4.78, 5) is 6.46. The van der Waals surface area contributed by atoms with Crippen molar-refractivity contribution in [3.8, 4) is 0 Å². The van der Waals surface area contributed by atoms with E-state index in [1.807, 2.05) is 29.8 Å². The first-order valence-electron chi connectivity index (χ1n) is 6.76. The van der Waals surface area contributed by atoms with Crippen LogP contribution in [0.1, 0.15) is 24.4 Å². The molecule has 3 aromatic rings. The van der Waals surface area contributed by atoms with Gasteiger partial charge in [0.2, 0.25) is 0 Å². The molecule has 1 atom stereocenters. The van der Waals surface area contributed by atoms with E-state index in [-0.39, 0.29) is 6.04 Å². The molecule has 0 saturated heterocycles. The summed E-state index contributed by atoms with van der Waals surface area (Å²) in [5.41, 5.74) is 2.30. The molecule has 0 unspecified atom stereocenters. The first-order valence-corrected chi connectivity index (χ1v) is 6.76. The average Bonchev–Trinajstić information content (AvgIpc) is 2.87. The van der Waals surface area contributed by atoms with E-state index >= 15 is 0 Å². The highest BCUT2D eigenvalue weighted by Gasteiger charge is 2.14. The number of fused-ring (bicyclic) bond motifs is 1. The molecule has 4 nitrogen and oxygen atoms in total. The van der Waals surface area contributed by atoms with Crippen molar-refractivity contribution in [2.45, 2.75) is 19.9 Å². The van der Waals surface area contributed by atoms with Gasteiger partial charge in [0, 0.05) is 7.05 Å². The number of anilines is 1. The third kappa shape index (κ3) is 2.13. The molecule has 0 N–H and O–H groups in total. The van der Waals surface area contributed by atoms with Crippen molar-refractivity contribution < 1.29 is 0 Å². The van der Waals surface area contributed by atoms with Crippen LogP contribution in [-0.4, -0.2) is 21.6 Å². The van der Waals surface area contributed by atoms with Gasteiger partial charge >= 0.3 is 0 Å². The third-order valence-electron chi connectivity index (χ3n) is 3.76. The van der Waals surface area contributed by atoms with Gasteiger partial charge in [-0.2, -0.15) is 0 Å². The molecule has 0 radical (unpaired) electrons. The van der Waals surface area contributed by atoms with Crippen LogP contribution in [0.15, 0.2) is 48.7 Å². The van der Waals surface area contributed by atoms with Gasteiger partial charge in [-0.05, 0) is 31.5 Å². The first kappa shape index (κ1) is 12.7. The number of imidazole rings is 1. The van der Waals surface area contributed by atoms with Crippen LogP contribution in [0, 0.1) is 6.92 Å². The lowest BCUT2D eigenvalue weighted by atomic mass is 10.1. The molecule has 102 valence electrons. The quantitative estimate of drug-likeness (QED) is 0.729. The van der Waals surface area contributed by atoms with Gasteiger partial charge in [-0.25, -0.2) is 9.50 Å². The van der Waals surface area contributed by atoms with Crippen LogP contribution in [0.3, 0.4) is 0 Å². The zero-order valence-electron chi connectivity index (χ0n) is 12.0. The van der Waals surface area contributed by atoms with Crippen molar-refractivity contribution in [1.82, 2.24) is 14.6 Å². The fourth-order valence-electron chi connectivity index (χ4n) is 2.34. The van der Waals surface area contributed by atoms with E-state index < -0.39 is 0 Å². The van der Waals surface area contributed by atoms with Gasteiger partial charge in [-0.1, -0.05) is 30.3 Å². The van der Waals surface area contributed by atoms with E-state index in [4.69, 9.17) is 0 Å². The van der Waals surface area contributed by atoms with Crippen molar-refractivity contribution >= 4 is 11.3 Å². The number of nitrogens with zero attached hydrogens (tertiary/aromatic N) is 4. The minimum atomic E-state index is 0.268. The predicted octanol–water partition coefficient (Wildman–Crippen LogP) is 3.24. The van der Waals surface area contributed by atoms with Crippen molar-refractivity contribution in [3.05, 3.63) is 60.0 Å². The van der Waals surface area contributed by atoms with Crippen molar-refractivity contribution in [3.63, 3.8) is 0 Å². The maximum atomic E-state index is 4.66. The van der Waals surface area contributed by atoms with Crippen molar-refractivity contribution in [1.29, 1.82) is 0 Å². The summed E-state index contributed by atoms with van der Waals surface area (Å²) in [6, 6.07) is 14.8. The van der Waals surface area contributed by atoms with Crippen molar-refractivity contribution in [2.75, 3.05) is 11.9 Å². The summed E-state index contributed by atoms with van der Waals surface area (Å²) in [6.45, 7) is 4.15. The topological polar surface area (TPSA) is 33.4 Å². The number of aromatic nitrogens is 3. The molecule has 0 amide bonds. The van der Waals surface area contributed by atoms with Gasteiger partial charge in [0.05, 0.1) is 17.8 Å². The second-order valence-corrected chi connectivity index (χ2v) is 5.03. The molecule has 20 heavy (non-hydrogen) atoms. The maximum absolute atomic E-state index is 4.66. The molecule has 0 bridgehead atoms. The monoisotopic (exact) mass is 266 g/mol. The van der Waals surface area contributed by atoms with Crippen LogP contribution < -0.4 is 4.90 Å². The van der Waals surface area contributed by atoms with Crippen molar-refractivity contribution in [2.24, 2.45) is 0 Å². The lowest BCUT2D eigenvalue weighted by Crippen LogP contribution is -2.23. The first-order chi connectivity index (χ1) is 9.66. The van der Waals surface area contributed by atoms with Crippen LogP contribution in [0.25, 0.3) is 5.52 Å². The summed E-state index contributed by atoms with van der Waals surface area (Å²) >= 11 is 0. The molecule has 0 fully saturated rings. The molecule has 0 aliphatic carbocycles. The lowest BCUT2D eigenvalue weighted by molar-refractivity contribution is 0.712. The Balaban J connectivity index is 1.95. The average molecular weight is 266 g/mol. The zero-order valence-corrected chi connectivity index (χ0v) is 12.0. The second-order valence-electron chi connectivity index (χ2n) is 5.03. The molecule has 3 rings (SSSR count). The molecule has 2 aromatic heterocycles. The summed E-state index contributed by atoms with van der Waals surface area (Å²) in [5, 5.41) is 4.66. The largest absolute Gasteiger partial charge is 0.351 e. The van der Waals surface area contributed by atoms with Crippen LogP contribution in [-0.2, 0) is 0 Å². The fraction of sp³-hybridized carbons (Fsp3) is 0.250. The second kappa shape index (κ2) is 4.96. The molecule has 4 heteroatoms. The Bertz CT molecular complexity index is 718. The lowest BCUT2D eigenvalue weighted by Gasteiger charge is -2.26. The van der Waals surface area contributed by atoms with E-state index in [1.165, 1.54) is 5.56 Å². The molecular formula is C16H18N4. The van der Waals surface area contributed by atoms with Gasteiger partial charge < -0.3 is 4.90 Å². The van der Waals surface area contributed by atoms with E-state index in [9.17, 15) is 0 Å². The minimum Gasteiger partial charge on any atom is -0.351 e. The smallest absolute Gasteiger partial charge is 0.149 e. The SMILES string of the molecule is Cc1ncc2ccc(N(C)[C@@H](C)c3ccccc3)nn12. The van der Waals surface area contributed by atoms with E-state index in [0.29, 0.717) is 0 Å². The number of aryl methyl sites for hydroxylation is 1. The van der Waals surface area contributed by atoms with Crippen LogP contribution in [0.4, 0.5) is 5.82 Å². The Morgan fingerprint density at radius 2 is 1.85 bits per heavy atom. The molecule has 1 aromatic carbocycles. The number of benzene rings is 1. The van der Waals surface area contributed by atoms with E-state index in [2.05, 4.69) is 59.3 Å². The maximum Gasteiger partial charge on any atom is 0.149 e. The Kier molecular flexibility index (Phi) is 3.14. The van der Waals surface area contributed by atoms with E-state index in [0.717, 1.165) is 17.2 Å². The Hall–Kier alpha value is -2.36. The van der Waals surface area contributed by atoms with Gasteiger partial charge in [0.1, 0.15) is 11.6 Å². The number of hydrogen-bond donors (Lipinski definition) is 0. The number of hydrogen-bond acceptors (Lipinski definition) is 3. The highest BCUT2D eigenvalue weighted by atomic mass is 15.3. The van der Waals surface area contributed by atoms with E-state index in [1.54, 1.807) is 0 Å². The Labute approximate surface area is 118 Å². The third-order valence-corrected chi connectivity index (χ3v) is 3.76. The summed E-state index contributed by atoms with van der Waals surface area (Å²) in [6.07, 6.45) is 1.84. The normalized spacial score (nSPS) is 12.6. The molecule has 0 saturated carbocycles. The van der Waals surface area contributed by atoms with Gasteiger partial charge in [-0.15, -0.1) is 5.10 Å². The molecule has 0 spiro atoms. The Morgan fingerprint density at radius 3 is 2.60 bits per heavy atom. The van der Waals surface area contributed by atoms with Crippen LogP contribution in [0.2, 0.25) is 0 Å². The van der Waals surface area contributed by atoms with Gasteiger partial charge in [0.15, 0.2) is 0 Å².